The lowest BCUT2D eigenvalue weighted by molar-refractivity contribution is -0.141. The zero-order chi connectivity index (χ0) is 13.8. The summed E-state index contributed by atoms with van der Waals surface area (Å²) in [6, 6.07) is 4.75. The third kappa shape index (κ3) is 4.91. The number of aliphatic carboxylic acids is 1. The van der Waals surface area contributed by atoms with Crippen molar-refractivity contribution in [2.45, 2.75) is 24.9 Å². The second kappa shape index (κ2) is 7.60. The lowest BCUT2D eigenvalue weighted by atomic mass is 9.90. The van der Waals surface area contributed by atoms with E-state index in [2.05, 4.69) is 0 Å². The van der Waals surface area contributed by atoms with Crippen LogP contribution in [0.3, 0.4) is 0 Å². The maximum absolute atomic E-state index is 12.8. The minimum atomic E-state index is -4.55. The molecule has 7 heteroatoms. The minimum absolute atomic E-state index is 0. The lowest BCUT2D eigenvalue weighted by Crippen LogP contribution is -3.00. The molecule has 1 N–H and O–H groups in total. The first-order valence-corrected chi connectivity index (χ1v) is 5.86. The number of hydrogen-bond donors (Lipinski definition) is 1. The van der Waals surface area contributed by atoms with E-state index < -0.39 is 23.6 Å². The summed E-state index contributed by atoms with van der Waals surface area (Å²) in [5.41, 5.74) is -1.10. The standard InChI is InChI=1S/C12H12ClF3O2.ClH/c13-7-3-5-9(11(17)18)8-4-1-2-6-10(8)12(14,15)16;/h1-2,4,6,9H,3,5,7H2,(H,17,18);1H/p-1. The van der Waals surface area contributed by atoms with Crippen LogP contribution in [0.25, 0.3) is 0 Å². The van der Waals surface area contributed by atoms with Crippen molar-refractivity contribution >= 4 is 17.6 Å². The minimum Gasteiger partial charge on any atom is -1.00 e. The Balaban J connectivity index is 0.00000324. The highest BCUT2D eigenvalue weighted by Gasteiger charge is 2.36. The van der Waals surface area contributed by atoms with Crippen molar-refractivity contribution in [3.05, 3.63) is 35.4 Å². The zero-order valence-corrected chi connectivity index (χ0v) is 11.3. The first kappa shape index (κ1) is 18.1. The number of rotatable bonds is 5. The van der Waals surface area contributed by atoms with Gasteiger partial charge in [0.25, 0.3) is 0 Å². The molecule has 0 saturated carbocycles. The van der Waals surface area contributed by atoms with E-state index in [0.29, 0.717) is 6.42 Å². The lowest BCUT2D eigenvalue weighted by Gasteiger charge is -2.18. The van der Waals surface area contributed by atoms with Gasteiger partial charge in [-0.15, -0.1) is 11.6 Å². The molecule has 0 fully saturated rings. The zero-order valence-electron chi connectivity index (χ0n) is 9.75. The van der Waals surface area contributed by atoms with E-state index in [4.69, 9.17) is 16.7 Å². The molecule has 0 heterocycles. The molecule has 0 radical (unpaired) electrons. The molecule has 0 aliphatic rings. The van der Waals surface area contributed by atoms with Gasteiger partial charge >= 0.3 is 12.1 Å². The third-order valence-electron chi connectivity index (χ3n) is 2.57. The SMILES string of the molecule is O=C(O)C(CCCCl)c1ccccc1C(F)(F)F.[Cl-]. The van der Waals surface area contributed by atoms with Crippen LogP contribution in [-0.2, 0) is 11.0 Å². The van der Waals surface area contributed by atoms with E-state index in [0.717, 1.165) is 6.07 Å². The topological polar surface area (TPSA) is 37.3 Å². The van der Waals surface area contributed by atoms with Gasteiger partial charge in [-0.05, 0) is 24.5 Å². The molecule has 0 aliphatic carbocycles. The molecule has 1 atom stereocenters. The summed E-state index contributed by atoms with van der Waals surface area (Å²) < 4.78 is 38.3. The van der Waals surface area contributed by atoms with Crippen molar-refractivity contribution in [2.24, 2.45) is 0 Å². The Morgan fingerprint density at radius 1 is 1.32 bits per heavy atom. The number of benzene rings is 1. The highest BCUT2D eigenvalue weighted by Crippen LogP contribution is 2.36. The average Bonchev–Trinajstić information content (AvgIpc) is 2.28. The van der Waals surface area contributed by atoms with Gasteiger partial charge in [-0.2, -0.15) is 13.2 Å². The van der Waals surface area contributed by atoms with Crippen molar-refractivity contribution in [1.29, 1.82) is 0 Å². The Labute approximate surface area is 120 Å². The highest BCUT2D eigenvalue weighted by molar-refractivity contribution is 6.17. The van der Waals surface area contributed by atoms with E-state index in [9.17, 15) is 18.0 Å². The van der Waals surface area contributed by atoms with Gasteiger partial charge < -0.3 is 17.5 Å². The van der Waals surface area contributed by atoms with E-state index in [-0.39, 0.29) is 30.3 Å². The van der Waals surface area contributed by atoms with Crippen molar-refractivity contribution in [3.8, 4) is 0 Å². The molecule has 2 nitrogen and oxygen atoms in total. The molecular weight excluding hydrogens is 304 g/mol. The van der Waals surface area contributed by atoms with Crippen molar-refractivity contribution in [1.82, 2.24) is 0 Å². The molecule has 19 heavy (non-hydrogen) atoms. The maximum atomic E-state index is 12.8. The van der Waals surface area contributed by atoms with Crippen molar-refractivity contribution in [3.63, 3.8) is 0 Å². The first-order chi connectivity index (χ1) is 8.38. The molecule has 0 aliphatic heterocycles. The summed E-state index contributed by atoms with van der Waals surface area (Å²) in [6.45, 7) is 0. The Bertz CT molecular complexity index is 422. The van der Waals surface area contributed by atoms with Gasteiger partial charge in [0.05, 0.1) is 11.5 Å². The van der Waals surface area contributed by atoms with Crippen molar-refractivity contribution < 1.29 is 35.5 Å². The monoisotopic (exact) mass is 315 g/mol. The van der Waals surface area contributed by atoms with Crippen LogP contribution in [0, 0.1) is 0 Å². The smallest absolute Gasteiger partial charge is 0.416 e. The van der Waals surface area contributed by atoms with Gasteiger partial charge in [-0.3, -0.25) is 4.79 Å². The predicted octanol–water partition coefficient (Wildman–Crippen LogP) is 0.897. The van der Waals surface area contributed by atoms with E-state index in [1.54, 1.807) is 0 Å². The summed E-state index contributed by atoms with van der Waals surface area (Å²) in [7, 11) is 0. The van der Waals surface area contributed by atoms with E-state index >= 15 is 0 Å². The van der Waals surface area contributed by atoms with Crippen molar-refractivity contribution in [2.75, 3.05) is 5.88 Å². The molecule has 1 unspecified atom stereocenters. The van der Waals surface area contributed by atoms with Crippen LogP contribution in [0.2, 0.25) is 0 Å². The van der Waals surface area contributed by atoms with E-state index in [1.807, 2.05) is 0 Å². The molecule has 0 spiro atoms. The van der Waals surface area contributed by atoms with Crippen LogP contribution in [0.15, 0.2) is 24.3 Å². The van der Waals surface area contributed by atoms with Crippen LogP contribution in [-0.4, -0.2) is 17.0 Å². The van der Waals surface area contributed by atoms with Crippen LogP contribution < -0.4 is 12.4 Å². The van der Waals surface area contributed by atoms with E-state index in [1.165, 1.54) is 18.2 Å². The van der Waals surface area contributed by atoms with Crippen LogP contribution in [0.1, 0.15) is 29.9 Å². The molecule has 0 aromatic heterocycles. The molecule has 0 amide bonds. The number of alkyl halides is 4. The fourth-order valence-electron chi connectivity index (χ4n) is 1.75. The van der Waals surface area contributed by atoms with Crippen LogP contribution in [0.4, 0.5) is 13.2 Å². The maximum Gasteiger partial charge on any atom is 0.416 e. The fourth-order valence-corrected chi connectivity index (χ4v) is 1.91. The van der Waals surface area contributed by atoms with Gasteiger partial charge in [-0.25, -0.2) is 0 Å². The molecular formula is C12H12Cl2F3O2-. The van der Waals surface area contributed by atoms with Gasteiger partial charge in [0.15, 0.2) is 0 Å². The van der Waals surface area contributed by atoms with Gasteiger partial charge in [0.1, 0.15) is 0 Å². The average molecular weight is 316 g/mol. The summed E-state index contributed by atoms with van der Waals surface area (Å²) in [6.07, 6.45) is -4.11. The Morgan fingerprint density at radius 2 is 1.89 bits per heavy atom. The summed E-state index contributed by atoms with van der Waals surface area (Å²) in [5, 5.41) is 9.03. The Kier molecular flexibility index (Phi) is 7.23. The Morgan fingerprint density at radius 3 is 2.37 bits per heavy atom. The van der Waals surface area contributed by atoms with Gasteiger partial charge in [-0.1, -0.05) is 18.2 Å². The largest absolute Gasteiger partial charge is 1.00 e. The number of carbonyl (C=O) groups is 1. The molecule has 0 saturated heterocycles. The molecule has 1 rings (SSSR count). The van der Waals surface area contributed by atoms with Gasteiger partial charge in [0, 0.05) is 5.88 Å². The highest BCUT2D eigenvalue weighted by atomic mass is 35.5. The second-order valence-corrected chi connectivity index (χ2v) is 4.19. The Hall–Kier alpha value is -0.940. The predicted molar refractivity (Wildman–Crippen MR) is 61.8 cm³/mol. The number of hydrogen-bond acceptors (Lipinski definition) is 1. The summed E-state index contributed by atoms with van der Waals surface area (Å²) in [4.78, 5) is 11.1. The summed E-state index contributed by atoms with van der Waals surface area (Å²) >= 11 is 5.45. The second-order valence-electron chi connectivity index (χ2n) is 3.81. The molecule has 108 valence electrons. The quantitative estimate of drug-likeness (QED) is 0.820. The first-order valence-electron chi connectivity index (χ1n) is 5.32. The number of halogens is 5. The molecule has 1 aromatic rings. The van der Waals surface area contributed by atoms with Crippen LogP contribution >= 0.6 is 11.6 Å². The summed E-state index contributed by atoms with van der Waals surface area (Å²) in [5.74, 6) is -2.23. The molecule has 0 bridgehead atoms. The van der Waals surface area contributed by atoms with Gasteiger partial charge in [0.2, 0.25) is 0 Å². The number of carboxylic acids is 1. The third-order valence-corrected chi connectivity index (χ3v) is 2.83. The van der Waals surface area contributed by atoms with Crippen LogP contribution in [0.5, 0.6) is 0 Å². The normalized spacial score (nSPS) is 12.6. The number of carboxylic acid groups (broad SMARTS) is 1. The molecule has 1 aromatic carbocycles. The fraction of sp³-hybridized carbons (Fsp3) is 0.417.